The minimum atomic E-state index is 0. The van der Waals surface area contributed by atoms with Gasteiger partial charge in [0.05, 0.1) is 0 Å². The van der Waals surface area contributed by atoms with Gasteiger partial charge in [-0.1, -0.05) is 18.2 Å². The van der Waals surface area contributed by atoms with Gasteiger partial charge < -0.3 is 15.5 Å². The summed E-state index contributed by atoms with van der Waals surface area (Å²) in [5, 5.41) is 6.58. The molecule has 2 aliphatic heterocycles. The van der Waals surface area contributed by atoms with Crippen LogP contribution in [0.5, 0.6) is 0 Å². The SMILES string of the molecule is C[C@H]1C[C@@H](C(=O)NCc2ccccc2N2CCCCC2)CCN1.Cl. The molecule has 0 bridgehead atoms. The predicted octanol–water partition coefficient (Wildman–Crippen LogP) is 3.10. The third kappa shape index (κ3) is 4.87. The molecule has 0 saturated carbocycles. The Hall–Kier alpha value is -1.26. The molecule has 24 heavy (non-hydrogen) atoms. The van der Waals surface area contributed by atoms with Crippen molar-refractivity contribution >= 4 is 24.0 Å². The molecular weight excluding hydrogens is 322 g/mol. The third-order valence-corrected chi connectivity index (χ3v) is 5.14. The van der Waals surface area contributed by atoms with Crippen LogP contribution in [-0.4, -0.2) is 31.6 Å². The number of halogens is 1. The molecule has 3 rings (SSSR count). The van der Waals surface area contributed by atoms with Crippen molar-refractivity contribution in [2.45, 2.75) is 51.6 Å². The number of hydrogen-bond donors (Lipinski definition) is 2. The molecule has 5 heteroatoms. The van der Waals surface area contributed by atoms with E-state index in [-0.39, 0.29) is 24.2 Å². The van der Waals surface area contributed by atoms with Crippen LogP contribution in [0.25, 0.3) is 0 Å². The van der Waals surface area contributed by atoms with E-state index in [1.807, 2.05) is 0 Å². The fourth-order valence-electron chi connectivity index (χ4n) is 3.80. The molecule has 0 unspecified atom stereocenters. The van der Waals surface area contributed by atoms with Crippen molar-refractivity contribution in [2.24, 2.45) is 5.92 Å². The second-order valence-corrected chi connectivity index (χ2v) is 6.97. The van der Waals surface area contributed by atoms with E-state index in [1.54, 1.807) is 0 Å². The Bertz CT molecular complexity index is 531. The van der Waals surface area contributed by atoms with Gasteiger partial charge in [-0.15, -0.1) is 12.4 Å². The summed E-state index contributed by atoms with van der Waals surface area (Å²) in [6.45, 7) is 6.02. The second-order valence-electron chi connectivity index (χ2n) is 6.97. The molecule has 2 heterocycles. The molecule has 2 saturated heterocycles. The topological polar surface area (TPSA) is 44.4 Å². The van der Waals surface area contributed by atoms with Gasteiger partial charge in [0, 0.05) is 37.3 Å². The van der Waals surface area contributed by atoms with Crippen LogP contribution in [-0.2, 0) is 11.3 Å². The summed E-state index contributed by atoms with van der Waals surface area (Å²) in [7, 11) is 0. The zero-order chi connectivity index (χ0) is 16.1. The molecule has 0 aromatic heterocycles. The Morgan fingerprint density at radius 1 is 1.25 bits per heavy atom. The van der Waals surface area contributed by atoms with Gasteiger partial charge in [-0.25, -0.2) is 0 Å². The summed E-state index contributed by atoms with van der Waals surface area (Å²) in [6.07, 6.45) is 5.77. The first-order valence-corrected chi connectivity index (χ1v) is 9.08. The van der Waals surface area contributed by atoms with Crippen LogP contribution in [0.1, 0.15) is 44.6 Å². The number of nitrogens with one attached hydrogen (secondary N) is 2. The van der Waals surface area contributed by atoms with Gasteiger partial charge >= 0.3 is 0 Å². The Labute approximate surface area is 151 Å². The standard InChI is InChI=1S/C19H29N3O.ClH/c1-15-13-16(9-10-20-15)19(23)21-14-17-7-3-4-8-18(17)22-11-5-2-6-12-22;/h3-4,7-8,15-16,20H,2,5-6,9-14H2,1H3,(H,21,23);1H/t15-,16-;/m0./s1. The van der Waals surface area contributed by atoms with Crippen LogP contribution in [0, 0.1) is 5.92 Å². The maximum Gasteiger partial charge on any atom is 0.223 e. The van der Waals surface area contributed by atoms with E-state index in [0.29, 0.717) is 12.6 Å². The fraction of sp³-hybridized carbons (Fsp3) is 0.632. The molecule has 1 amide bonds. The minimum Gasteiger partial charge on any atom is -0.371 e. The Morgan fingerprint density at radius 3 is 2.75 bits per heavy atom. The maximum atomic E-state index is 12.5. The van der Waals surface area contributed by atoms with E-state index < -0.39 is 0 Å². The first-order chi connectivity index (χ1) is 11.2. The fourth-order valence-corrected chi connectivity index (χ4v) is 3.80. The molecule has 1 aromatic carbocycles. The normalized spacial score (nSPS) is 24.1. The number of piperidine rings is 2. The zero-order valence-electron chi connectivity index (χ0n) is 14.6. The quantitative estimate of drug-likeness (QED) is 0.876. The third-order valence-electron chi connectivity index (χ3n) is 5.14. The lowest BCUT2D eigenvalue weighted by atomic mass is 9.92. The largest absolute Gasteiger partial charge is 0.371 e. The summed E-state index contributed by atoms with van der Waals surface area (Å²) in [5.74, 6) is 0.375. The summed E-state index contributed by atoms with van der Waals surface area (Å²) in [6, 6.07) is 8.96. The second kappa shape index (κ2) is 9.28. The number of hydrogen-bond acceptors (Lipinski definition) is 3. The van der Waals surface area contributed by atoms with Crippen molar-refractivity contribution in [3.8, 4) is 0 Å². The van der Waals surface area contributed by atoms with Gasteiger partial charge in [0.15, 0.2) is 0 Å². The lowest BCUT2D eigenvalue weighted by Gasteiger charge is -2.31. The highest BCUT2D eigenvalue weighted by Gasteiger charge is 2.24. The predicted molar refractivity (Wildman–Crippen MR) is 102 cm³/mol. The van der Waals surface area contributed by atoms with Crippen molar-refractivity contribution in [3.05, 3.63) is 29.8 Å². The number of carbonyl (C=O) groups excluding carboxylic acids is 1. The monoisotopic (exact) mass is 351 g/mol. The summed E-state index contributed by atoms with van der Waals surface area (Å²) in [4.78, 5) is 14.9. The van der Waals surface area contributed by atoms with E-state index >= 15 is 0 Å². The first kappa shape index (κ1) is 19.1. The zero-order valence-corrected chi connectivity index (χ0v) is 15.4. The van der Waals surface area contributed by atoms with Crippen LogP contribution >= 0.6 is 12.4 Å². The number of para-hydroxylation sites is 1. The first-order valence-electron chi connectivity index (χ1n) is 9.08. The molecule has 2 atom stereocenters. The Balaban J connectivity index is 0.00000208. The van der Waals surface area contributed by atoms with E-state index in [4.69, 9.17) is 0 Å². The Kier molecular flexibility index (Phi) is 7.38. The molecule has 0 radical (unpaired) electrons. The van der Waals surface area contributed by atoms with Crippen LogP contribution in [0.2, 0.25) is 0 Å². The summed E-state index contributed by atoms with van der Waals surface area (Å²) < 4.78 is 0. The highest BCUT2D eigenvalue weighted by atomic mass is 35.5. The van der Waals surface area contributed by atoms with Gasteiger partial charge in [0.1, 0.15) is 0 Å². The van der Waals surface area contributed by atoms with E-state index in [9.17, 15) is 4.79 Å². The highest BCUT2D eigenvalue weighted by Crippen LogP contribution is 2.24. The molecule has 2 fully saturated rings. The van der Waals surface area contributed by atoms with Crippen molar-refractivity contribution in [2.75, 3.05) is 24.5 Å². The smallest absolute Gasteiger partial charge is 0.223 e. The van der Waals surface area contributed by atoms with Gasteiger partial charge in [-0.2, -0.15) is 0 Å². The van der Waals surface area contributed by atoms with Crippen LogP contribution in [0.4, 0.5) is 5.69 Å². The van der Waals surface area contributed by atoms with Gasteiger partial charge in [0.25, 0.3) is 0 Å². The molecular formula is C19H30ClN3O. The number of carbonyl (C=O) groups is 1. The summed E-state index contributed by atoms with van der Waals surface area (Å²) in [5.41, 5.74) is 2.54. The Morgan fingerprint density at radius 2 is 2.00 bits per heavy atom. The lowest BCUT2D eigenvalue weighted by Crippen LogP contribution is -2.42. The number of nitrogens with zero attached hydrogens (tertiary/aromatic N) is 1. The molecule has 134 valence electrons. The minimum absolute atomic E-state index is 0. The number of benzene rings is 1. The molecule has 0 aliphatic carbocycles. The summed E-state index contributed by atoms with van der Waals surface area (Å²) >= 11 is 0. The number of rotatable bonds is 4. The van der Waals surface area contributed by atoms with Crippen LogP contribution < -0.4 is 15.5 Å². The van der Waals surface area contributed by atoms with Gasteiger partial charge in [-0.3, -0.25) is 4.79 Å². The average Bonchev–Trinajstić information content (AvgIpc) is 2.60. The average molecular weight is 352 g/mol. The van der Waals surface area contributed by atoms with E-state index in [2.05, 4.69) is 46.7 Å². The van der Waals surface area contributed by atoms with Crippen LogP contribution in [0.3, 0.4) is 0 Å². The lowest BCUT2D eigenvalue weighted by molar-refractivity contribution is -0.126. The van der Waals surface area contributed by atoms with Crippen molar-refractivity contribution in [1.29, 1.82) is 0 Å². The highest BCUT2D eigenvalue weighted by molar-refractivity contribution is 5.85. The molecule has 2 aliphatic rings. The van der Waals surface area contributed by atoms with Crippen molar-refractivity contribution in [3.63, 3.8) is 0 Å². The number of amides is 1. The molecule has 0 spiro atoms. The van der Waals surface area contributed by atoms with Crippen molar-refractivity contribution < 1.29 is 4.79 Å². The molecule has 1 aromatic rings. The molecule has 4 nitrogen and oxygen atoms in total. The van der Waals surface area contributed by atoms with E-state index in [1.165, 1.54) is 30.5 Å². The van der Waals surface area contributed by atoms with E-state index in [0.717, 1.165) is 32.5 Å². The maximum absolute atomic E-state index is 12.5. The number of anilines is 1. The van der Waals surface area contributed by atoms with Crippen LogP contribution in [0.15, 0.2) is 24.3 Å². The van der Waals surface area contributed by atoms with Gasteiger partial charge in [-0.05, 0) is 57.2 Å². The van der Waals surface area contributed by atoms with Crippen molar-refractivity contribution in [1.82, 2.24) is 10.6 Å². The van der Waals surface area contributed by atoms with Gasteiger partial charge in [0.2, 0.25) is 5.91 Å². The molecule has 2 N–H and O–H groups in total.